The number of carbonyl (C=O) groups excluding carboxylic acids is 1. The van der Waals surface area contributed by atoms with E-state index in [1.165, 1.54) is 0 Å². The van der Waals surface area contributed by atoms with Crippen molar-refractivity contribution in [3.8, 4) is 6.07 Å². The lowest BCUT2D eigenvalue weighted by molar-refractivity contribution is 0.0287. The molecule has 2 heterocycles. The average molecular weight is 370 g/mol. The van der Waals surface area contributed by atoms with Crippen LogP contribution in [-0.4, -0.2) is 39.5 Å². The fourth-order valence-electron chi connectivity index (χ4n) is 2.41. The van der Waals surface area contributed by atoms with Gasteiger partial charge in [-0.2, -0.15) is 10.4 Å². The number of amides is 1. The Kier molecular flexibility index (Phi) is 4.66. The van der Waals surface area contributed by atoms with Crippen LogP contribution in [0.15, 0.2) is 4.60 Å². The first-order valence-corrected chi connectivity index (χ1v) is 7.90. The largest absolute Gasteiger partial charge is 0.444 e. The number of hydrogen-bond donors (Lipinski definition) is 1. The van der Waals surface area contributed by atoms with Crippen LogP contribution in [0, 0.1) is 17.2 Å². The van der Waals surface area contributed by atoms with E-state index in [9.17, 15) is 4.79 Å². The van der Waals surface area contributed by atoms with Gasteiger partial charge in [-0.3, -0.25) is 0 Å². The number of halogens is 1. The molecular formula is C14H20BrN5O2. The van der Waals surface area contributed by atoms with Crippen LogP contribution >= 0.6 is 15.9 Å². The number of rotatable bonds is 2. The molecule has 1 amide bonds. The summed E-state index contributed by atoms with van der Waals surface area (Å²) >= 11 is 3.23. The highest BCUT2D eigenvalue weighted by atomic mass is 79.9. The predicted octanol–water partition coefficient (Wildman–Crippen LogP) is 2.36. The molecule has 0 aliphatic carbocycles. The van der Waals surface area contributed by atoms with Crippen LogP contribution in [0.25, 0.3) is 0 Å². The number of aromatic nitrogens is 2. The third-order valence-electron chi connectivity index (χ3n) is 3.43. The van der Waals surface area contributed by atoms with E-state index in [0.717, 1.165) is 6.42 Å². The molecule has 2 rings (SSSR count). The van der Waals surface area contributed by atoms with Gasteiger partial charge in [-0.1, -0.05) is 0 Å². The van der Waals surface area contributed by atoms with Gasteiger partial charge in [0.2, 0.25) is 0 Å². The lowest BCUT2D eigenvalue weighted by Gasteiger charge is -2.24. The van der Waals surface area contributed by atoms with Crippen molar-refractivity contribution in [2.45, 2.75) is 39.3 Å². The first-order valence-electron chi connectivity index (χ1n) is 7.11. The Hall–Kier alpha value is -1.75. The molecular weight excluding hydrogens is 350 g/mol. The minimum absolute atomic E-state index is 0.244. The summed E-state index contributed by atoms with van der Waals surface area (Å²) in [6.45, 7) is 7.39. The molecule has 2 N–H and O–H groups in total. The molecule has 1 aliphatic rings. The van der Waals surface area contributed by atoms with Crippen molar-refractivity contribution >= 4 is 27.8 Å². The Morgan fingerprint density at radius 3 is 2.82 bits per heavy atom. The average Bonchev–Trinajstić information content (AvgIpc) is 2.94. The van der Waals surface area contributed by atoms with E-state index < -0.39 is 5.60 Å². The summed E-state index contributed by atoms with van der Waals surface area (Å²) in [5.41, 5.74) is 5.77. The third kappa shape index (κ3) is 3.71. The normalized spacial score (nSPS) is 18.3. The maximum Gasteiger partial charge on any atom is 0.410 e. The molecule has 0 saturated carbocycles. The van der Waals surface area contributed by atoms with Crippen LogP contribution in [0.1, 0.15) is 32.8 Å². The zero-order chi connectivity index (χ0) is 16.5. The van der Waals surface area contributed by atoms with E-state index in [4.69, 9.17) is 15.7 Å². The molecule has 1 aromatic rings. The lowest BCUT2D eigenvalue weighted by Crippen LogP contribution is -2.35. The molecule has 0 bridgehead atoms. The Labute approximate surface area is 138 Å². The van der Waals surface area contributed by atoms with Gasteiger partial charge in [0, 0.05) is 19.6 Å². The smallest absolute Gasteiger partial charge is 0.410 e. The molecule has 0 unspecified atom stereocenters. The molecule has 1 aromatic heterocycles. The number of likely N-dealkylation sites (tertiary alicyclic amines) is 1. The monoisotopic (exact) mass is 369 g/mol. The predicted molar refractivity (Wildman–Crippen MR) is 85.0 cm³/mol. The van der Waals surface area contributed by atoms with Crippen molar-refractivity contribution < 1.29 is 9.53 Å². The summed E-state index contributed by atoms with van der Waals surface area (Å²) in [4.78, 5) is 13.7. The maximum atomic E-state index is 12.0. The van der Waals surface area contributed by atoms with E-state index in [-0.39, 0.29) is 12.0 Å². The number of hydrogen-bond acceptors (Lipinski definition) is 5. The van der Waals surface area contributed by atoms with Crippen LogP contribution in [0.2, 0.25) is 0 Å². The molecule has 1 fully saturated rings. The van der Waals surface area contributed by atoms with Gasteiger partial charge < -0.3 is 15.4 Å². The number of nitrogens with two attached hydrogens (primary N) is 1. The molecule has 8 heteroatoms. The summed E-state index contributed by atoms with van der Waals surface area (Å²) in [5.74, 6) is 0.596. The molecule has 1 atom stereocenters. The minimum atomic E-state index is -0.492. The summed E-state index contributed by atoms with van der Waals surface area (Å²) in [7, 11) is 0. The Morgan fingerprint density at radius 2 is 2.27 bits per heavy atom. The van der Waals surface area contributed by atoms with Gasteiger partial charge in [-0.15, -0.1) is 0 Å². The van der Waals surface area contributed by atoms with Gasteiger partial charge in [-0.25, -0.2) is 9.48 Å². The highest BCUT2D eigenvalue weighted by Gasteiger charge is 2.30. The van der Waals surface area contributed by atoms with E-state index in [0.29, 0.717) is 35.6 Å². The third-order valence-corrected chi connectivity index (χ3v) is 3.98. The summed E-state index contributed by atoms with van der Waals surface area (Å²) in [5, 5.41) is 13.2. The molecule has 1 saturated heterocycles. The number of nitrogen functional groups attached to an aromatic ring is 1. The molecule has 1 aliphatic heterocycles. The van der Waals surface area contributed by atoms with Gasteiger partial charge >= 0.3 is 6.09 Å². The van der Waals surface area contributed by atoms with Crippen LogP contribution in [-0.2, 0) is 11.3 Å². The highest BCUT2D eigenvalue weighted by Crippen LogP contribution is 2.25. The summed E-state index contributed by atoms with van der Waals surface area (Å²) < 4.78 is 7.44. The van der Waals surface area contributed by atoms with Gasteiger partial charge in [0.15, 0.2) is 0 Å². The second-order valence-electron chi connectivity index (χ2n) is 6.43. The van der Waals surface area contributed by atoms with Crippen LogP contribution in [0.3, 0.4) is 0 Å². The highest BCUT2D eigenvalue weighted by molar-refractivity contribution is 9.10. The van der Waals surface area contributed by atoms with Crippen LogP contribution in [0.4, 0.5) is 10.6 Å². The number of nitrogens with zero attached hydrogens (tertiary/aromatic N) is 4. The molecule has 120 valence electrons. The fourth-order valence-corrected chi connectivity index (χ4v) is 2.89. The van der Waals surface area contributed by atoms with Crippen molar-refractivity contribution in [3.05, 3.63) is 10.2 Å². The fraction of sp³-hybridized carbons (Fsp3) is 0.643. The zero-order valence-electron chi connectivity index (χ0n) is 13.0. The first kappa shape index (κ1) is 16.6. The Morgan fingerprint density at radius 1 is 1.59 bits per heavy atom. The topological polar surface area (TPSA) is 97.2 Å². The van der Waals surface area contributed by atoms with Gasteiger partial charge in [-0.05, 0) is 49.0 Å². The summed E-state index contributed by atoms with van der Waals surface area (Å²) in [6.07, 6.45) is 0.570. The molecule has 0 radical (unpaired) electrons. The molecule has 0 spiro atoms. The van der Waals surface area contributed by atoms with E-state index in [2.05, 4.69) is 21.0 Å². The van der Waals surface area contributed by atoms with E-state index in [1.807, 2.05) is 26.8 Å². The SMILES string of the molecule is CC(C)(C)OC(=O)N1CC[C@@H](Cn2nc(Br)c(C#N)c2N)C1. The van der Waals surface area contributed by atoms with Gasteiger partial charge in [0.05, 0.1) is 0 Å². The summed E-state index contributed by atoms with van der Waals surface area (Å²) in [6, 6.07) is 2.02. The number of ether oxygens (including phenoxy) is 1. The standard InChI is InChI=1S/C14H20BrN5O2/c1-14(2,3)22-13(21)19-5-4-9(7-19)8-20-12(17)10(6-16)11(15)18-20/h9H,4-5,7-8,17H2,1-3H3/t9-/m1/s1. The van der Waals surface area contributed by atoms with Crippen molar-refractivity contribution in [1.29, 1.82) is 5.26 Å². The van der Waals surface area contributed by atoms with E-state index >= 15 is 0 Å². The quantitative estimate of drug-likeness (QED) is 0.862. The second kappa shape index (κ2) is 6.16. The van der Waals surface area contributed by atoms with Crippen molar-refractivity contribution in [1.82, 2.24) is 14.7 Å². The number of anilines is 1. The van der Waals surface area contributed by atoms with Crippen molar-refractivity contribution in [3.63, 3.8) is 0 Å². The van der Waals surface area contributed by atoms with Crippen molar-refractivity contribution in [2.24, 2.45) is 5.92 Å². The van der Waals surface area contributed by atoms with Gasteiger partial charge in [0.25, 0.3) is 0 Å². The van der Waals surface area contributed by atoms with Crippen molar-refractivity contribution in [2.75, 3.05) is 18.8 Å². The zero-order valence-corrected chi connectivity index (χ0v) is 14.6. The van der Waals surface area contributed by atoms with Crippen LogP contribution < -0.4 is 5.73 Å². The number of nitriles is 1. The minimum Gasteiger partial charge on any atom is -0.444 e. The van der Waals surface area contributed by atoms with E-state index in [1.54, 1.807) is 9.58 Å². The molecule has 22 heavy (non-hydrogen) atoms. The Balaban J connectivity index is 1.97. The Bertz CT molecular complexity index is 614. The van der Waals surface area contributed by atoms with Gasteiger partial charge in [0.1, 0.15) is 27.7 Å². The molecule has 7 nitrogen and oxygen atoms in total. The molecule has 0 aromatic carbocycles. The second-order valence-corrected chi connectivity index (χ2v) is 7.18. The maximum absolute atomic E-state index is 12.0. The lowest BCUT2D eigenvalue weighted by atomic mass is 10.1. The number of carbonyl (C=O) groups is 1. The van der Waals surface area contributed by atoms with Crippen LogP contribution in [0.5, 0.6) is 0 Å². The first-order chi connectivity index (χ1) is 10.2.